The number of benzene rings is 1. The topological polar surface area (TPSA) is 69.0 Å². The first-order valence-corrected chi connectivity index (χ1v) is 8.14. The molecule has 0 aliphatic rings. The summed E-state index contributed by atoms with van der Waals surface area (Å²) in [6.45, 7) is 3.13. The van der Waals surface area contributed by atoms with Crippen molar-refractivity contribution in [1.29, 1.82) is 0 Å². The van der Waals surface area contributed by atoms with Crippen molar-refractivity contribution in [2.75, 3.05) is 13.2 Å². The second-order valence-electron chi connectivity index (χ2n) is 5.65. The normalized spacial score (nSPS) is 10.4. The quantitative estimate of drug-likeness (QED) is 0.674. The van der Waals surface area contributed by atoms with Crippen molar-refractivity contribution in [2.24, 2.45) is 0 Å². The molecular weight excluding hydrogens is 316 g/mol. The molecule has 0 saturated carbocycles. The number of ether oxygens (including phenoxy) is 1. The second kappa shape index (κ2) is 8.10. The van der Waals surface area contributed by atoms with Crippen LogP contribution >= 0.6 is 0 Å². The summed E-state index contributed by atoms with van der Waals surface area (Å²) in [5.41, 5.74) is 1.70. The van der Waals surface area contributed by atoms with Gasteiger partial charge in [-0.1, -0.05) is 12.1 Å². The Labute approximate surface area is 146 Å². The summed E-state index contributed by atoms with van der Waals surface area (Å²) in [7, 11) is 0. The lowest BCUT2D eigenvalue weighted by Crippen LogP contribution is -2.25. The first kappa shape index (κ1) is 16.7. The zero-order valence-electron chi connectivity index (χ0n) is 14.1. The summed E-state index contributed by atoms with van der Waals surface area (Å²) in [4.78, 5) is 20.4. The van der Waals surface area contributed by atoms with Gasteiger partial charge in [-0.3, -0.25) is 9.36 Å². The maximum absolute atomic E-state index is 12.1. The molecule has 0 spiro atoms. The van der Waals surface area contributed by atoms with Crippen molar-refractivity contribution < 1.29 is 9.53 Å². The van der Waals surface area contributed by atoms with Gasteiger partial charge in [-0.25, -0.2) is 9.97 Å². The van der Waals surface area contributed by atoms with E-state index >= 15 is 0 Å². The number of aromatic nitrogens is 3. The molecule has 0 unspecified atom stereocenters. The zero-order chi connectivity index (χ0) is 17.5. The highest BCUT2D eigenvalue weighted by molar-refractivity contribution is 5.93. The molecule has 2 aromatic heterocycles. The summed E-state index contributed by atoms with van der Waals surface area (Å²) in [5.74, 6) is 1.44. The van der Waals surface area contributed by atoms with Crippen LogP contribution in [0.25, 0.3) is 5.82 Å². The van der Waals surface area contributed by atoms with E-state index in [1.165, 1.54) is 0 Å². The fourth-order valence-electron chi connectivity index (χ4n) is 2.34. The van der Waals surface area contributed by atoms with E-state index in [1.54, 1.807) is 41.6 Å². The number of rotatable bonds is 7. The van der Waals surface area contributed by atoms with Crippen LogP contribution in [0.5, 0.6) is 5.75 Å². The molecular formula is C19H20N4O2. The van der Waals surface area contributed by atoms with Crippen molar-refractivity contribution >= 4 is 5.91 Å². The Kier molecular flexibility index (Phi) is 5.41. The van der Waals surface area contributed by atoms with Gasteiger partial charge in [0.05, 0.1) is 12.2 Å². The Hall–Kier alpha value is -3.15. The van der Waals surface area contributed by atoms with E-state index in [0.29, 0.717) is 18.7 Å². The monoisotopic (exact) mass is 336 g/mol. The highest BCUT2D eigenvalue weighted by Gasteiger charge is 2.06. The SMILES string of the molecule is Cc1cccc(OCCCNC(=O)c2ccc(-n3ccnc3)nc2)c1. The smallest absolute Gasteiger partial charge is 0.252 e. The number of carbonyl (C=O) groups excluding carboxylic acids is 1. The van der Waals surface area contributed by atoms with Crippen LogP contribution in [0.2, 0.25) is 0 Å². The maximum Gasteiger partial charge on any atom is 0.252 e. The Morgan fingerprint density at radius 3 is 2.92 bits per heavy atom. The average molecular weight is 336 g/mol. The van der Waals surface area contributed by atoms with Crippen molar-refractivity contribution in [3.05, 3.63) is 72.4 Å². The van der Waals surface area contributed by atoms with Crippen LogP contribution < -0.4 is 10.1 Å². The van der Waals surface area contributed by atoms with E-state index in [2.05, 4.69) is 15.3 Å². The number of aryl methyl sites for hydroxylation is 1. The first-order valence-electron chi connectivity index (χ1n) is 8.14. The predicted molar refractivity (Wildman–Crippen MR) is 95.0 cm³/mol. The van der Waals surface area contributed by atoms with Crippen molar-refractivity contribution in [3.8, 4) is 11.6 Å². The fraction of sp³-hybridized carbons (Fsp3) is 0.211. The van der Waals surface area contributed by atoms with Crippen LogP contribution in [0.3, 0.4) is 0 Å². The second-order valence-corrected chi connectivity index (χ2v) is 5.65. The molecule has 0 aliphatic heterocycles. The Balaban J connectivity index is 1.42. The molecule has 1 amide bonds. The highest BCUT2D eigenvalue weighted by atomic mass is 16.5. The van der Waals surface area contributed by atoms with E-state index in [4.69, 9.17) is 4.74 Å². The van der Waals surface area contributed by atoms with Crippen LogP contribution in [0, 0.1) is 6.92 Å². The lowest BCUT2D eigenvalue weighted by molar-refractivity contribution is 0.0951. The average Bonchev–Trinajstić information content (AvgIpc) is 3.16. The number of carbonyl (C=O) groups is 1. The summed E-state index contributed by atoms with van der Waals surface area (Å²) in [6.07, 6.45) is 7.45. The molecule has 0 saturated heterocycles. The first-order chi connectivity index (χ1) is 12.2. The number of hydrogen-bond donors (Lipinski definition) is 1. The summed E-state index contributed by atoms with van der Waals surface area (Å²) < 4.78 is 7.44. The van der Waals surface area contributed by atoms with Crippen LogP contribution in [0.1, 0.15) is 22.3 Å². The molecule has 0 bridgehead atoms. The third kappa shape index (κ3) is 4.67. The zero-order valence-corrected chi connectivity index (χ0v) is 14.1. The van der Waals surface area contributed by atoms with Gasteiger partial charge < -0.3 is 10.1 Å². The van der Waals surface area contributed by atoms with Crippen molar-refractivity contribution in [1.82, 2.24) is 19.9 Å². The molecule has 25 heavy (non-hydrogen) atoms. The standard InChI is InChI=1S/C19H20N4O2/c1-15-4-2-5-17(12-15)25-11-3-8-21-19(24)16-6-7-18(22-13-16)23-10-9-20-14-23/h2,4-7,9-10,12-14H,3,8,11H2,1H3,(H,21,24). The van der Waals surface area contributed by atoms with Crippen molar-refractivity contribution in [3.63, 3.8) is 0 Å². The molecule has 6 nitrogen and oxygen atoms in total. The predicted octanol–water partition coefficient (Wildman–Crippen LogP) is 2.77. The molecule has 0 fully saturated rings. The fourth-order valence-corrected chi connectivity index (χ4v) is 2.34. The van der Waals surface area contributed by atoms with E-state index in [0.717, 1.165) is 23.6 Å². The van der Waals surface area contributed by atoms with E-state index in [1.807, 2.05) is 31.2 Å². The Morgan fingerprint density at radius 1 is 1.28 bits per heavy atom. The molecule has 0 aliphatic carbocycles. The Morgan fingerprint density at radius 2 is 2.20 bits per heavy atom. The molecule has 3 rings (SSSR count). The van der Waals surface area contributed by atoms with Gasteiger partial charge in [-0.15, -0.1) is 0 Å². The minimum atomic E-state index is -0.139. The minimum Gasteiger partial charge on any atom is -0.494 e. The van der Waals surface area contributed by atoms with Gasteiger partial charge in [0, 0.05) is 25.1 Å². The number of pyridine rings is 1. The van der Waals surface area contributed by atoms with E-state index in [9.17, 15) is 4.79 Å². The molecule has 2 heterocycles. The lowest BCUT2D eigenvalue weighted by atomic mass is 10.2. The van der Waals surface area contributed by atoms with Gasteiger partial charge in [0.2, 0.25) is 0 Å². The molecule has 128 valence electrons. The molecule has 1 aromatic carbocycles. The van der Waals surface area contributed by atoms with Gasteiger partial charge in [0.15, 0.2) is 0 Å². The van der Waals surface area contributed by atoms with Crippen LogP contribution in [0.4, 0.5) is 0 Å². The van der Waals surface area contributed by atoms with Gasteiger partial charge in [-0.2, -0.15) is 0 Å². The summed E-state index contributed by atoms with van der Waals surface area (Å²) in [5, 5.41) is 2.87. The molecule has 3 aromatic rings. The summed E-state index contributed by atoms with van der Waals surface area (Å²) in [6, 6.07) is 11.5. The number of hydrogen-bond acceptors (Lipinski definition) is 4. The van der Waals surface area contributed by atoms with Crippen LogP contribution in [-0.2, 0) is 0 Å². The maximum atomic E-state index is 12.1. The van der Waals surface area contributed by atoms with Gasteiger partial charge in [0.25, 0.3) is 5.91 Å². The largest absolute Gasteiger partial charge is 0.494 e. The highest BCUT2D eigenvalue weighted by Crippen LogP contribution is 2.12. The van der Waals surface area contributed by atoms with Crippen LogP contribution in [0.15, 0.2) is 61.3 Å². The third-order valence-electron chi connectivity index (χ3n) is 3.64. The van der Waals surface area contributed by atoms with Gasteiger partial charge in [0.1, 0.15) is 17.9 Å². The third-order valence-corrected chi connectivity index (χ3v) is 3.64. The number of imidazole rings is 1. The number of nitrogens with one attached hydrogen (secondary N) is 1. The molecule has 6 heteroatoms. The van der Waals surface area contributed by atoms with E-state index < -0.39 is 0 Å². The summed E-state index contributed by atoms with van der Waals surface area (Å²) >= 11 is 0. The molecule has 0 atom stereocenters. The van der Waals surface area contributed by atoms with Crippen molar-refractivity contribution in [2.45, 2.75) is 13.3 Å². The molecule has 1 N–H and O–H groups in total. The minimum absolute atomic E-state index is 0.139. The van der Waals surface area contributed by atoms with Gasteiger partial charge in [-0.05, 0) is 43.2 Å². The van der Waals surface area contributed by atoms with Crippen LogP contribution in [-0.4, -0.2) is 33.6 Å². The number of amides is 1. The van der Waals surface area contributed by atoms with E-state index in [-0.39, 0.29) is 5.91 Å². The number of nitrogens with zero attached hydrogens (tertiary/aromatic N) is 3. The lowest BCUT2D eigenvalue weighted by Gasteiger charge is -2.08. The Bertz CT molecular complexity index is 814. The molecule has 0 radical (unpaired) electrons. The van der Waals surface area contributed by atoms with Gasteiger partial charge >= 0.3 is 0 Å².